The summed E-state index contributed by atoms with van der Waals surface area (Å²) >= 11 is 0. The number of piperidine rings is 1. The Morgan fingerprint density at radius 1 is 1.57 bits per heavy atom. The molecule has 2 atom stereocenters. The molecule has 1 aromatic heterocycles. The second kappa shape index (κ2) is 5.23. The number of nitrogens with zero attached hydrogens (tertiary/aromatic N) is 2. The molecule has 3 N–H and O–H groups in total. The zero-order valence-electron chi connectivity index (χ0n) is 11.8. The molecule has 2 fully saturated rings. The maximum absolute atomic E-state index is 11.8. The third-order valence-corrected chi connectivity index (χ3v) is 4.22. The molecule has 2 aliphatic heterocycles. The van der Waals surface area contributed by atoms with Crippen LogP contribution in [-0.4, -0.2) is 43.1 Å². The van der Waals surface area contributed by atoms with Gasteiger partial charge in [-0.05, 0) is 18.9 Å². The van der Waals surface area contributed by atoms with Crippen molar-refractivity contribution in [3.8, 4) is 0 Å². The SMILES string of the molecule is COC(=O)c1cc(N2CCCC3C(=O)NCC32)ncc1N. The van der Waals surface area contributed by atoms with Crippen LogP contribution in [0.1, 0.15) is 23.2 Å². The molecule has 21 heavy (non-hydrogen) atoms. The average Bonchev–Trinajstić information content (AvgIpc) is 2.89. The first kappa shape index (κ1) is 13.7. The van der Waals surface area contributed by atoms with E-state index in [1.807, 2.05) is 0 Å². The minimum absolute atomic E-state index is 0.000297. The zero-order chi connectivity index (χ0) is 15.0. The van der Waals surface area contributed by atoms with Crippen LogP contribution in [0.3, 0.4) is 0 Å². The van der Waals surface area contributed by atoms with Crippen LogP contribution in [-0.2, 0) is 9.53 Å². The first-order valence-corrected chi connectivity index (χ1v) is 7.00. The third-order valence-electron chi connectivity index (χ3n) is 4.22. The van der Waals surface area contributed by atoms with Crippen molar-refractivity contribution < 1.29 is 14.3 Å². The number of hydrogen-bond acceptors (Lipinski definition) is 6. The van der Waals surface area contributed by atoms with Crippen molar-refractivity contribution in [1.82, 2.24) is 10.3 Å². The number of nitrogen functional groups attached to an aromatic ring is 1. The lowest BCUT2D eigenvalue weighted by molar-refractivity contribution is -0.123. The maximum Gasteiger partial charge on any atom is 0.340 e. The number of anilines is 2. The number of aromatic nitrogens is 1. The van der Waals surface area contributed by atoms with E-state index in [2.05, 4.69) is 15.2 Å². The van der Waals surface area contributed by atoms with Crippen molar-refractivity contribution in [2.24, 2.45) is 5.92 Å². The molecule has 3 heterocycles. The van der Waals surface area contributed by atoms with Gasteiger partial charge in [0.25, 0.3) is 0 Å². The Morgan fingerprint density at radius 2 is 2.38 bits per heavy atom. The molecule has 0 radical (unpaired) electrons. The van der Waals surface area contributed by atoms with Crippen molar-refractivity contribution in [3.05, 3.63) is 17.8 Å². The molecule has 2 unspecified atom stereocenters. The number of esters is 1. The van der Waals surface area contributed by atoms with Crippen molar-refractivity contribution >= 4 is 23.4 Å². The van der Waals surface area contributed by atoms with E-state index in [-0.39, 0.29) is 17.9 Å². The van der Waals surface area contributed by atoms with Crippen LogP contribution in [0.5, 0.6) is 0 Å². The monoisotopic (exact) mass is 290 g/mol. The molecule has 1 aromatic rings. The van der Waals surface area contributed by atoms with Gasteiger partial charge in [0.15, 0.2) is 0 Å². The fourth-order valence-corrected chi connectivity index (χ4v) is 3.13. The van der Waals surface area contributed by atoms with Crippen molar-refractivity contribution in [2.45, 2.75) is 18.9 Å². The highest BCUT2D eigenvalue weighted by molar-refractivity contribution is 5.95. The Bertz CT molecular complexity index is 590. The molecule has 0 spiro atoms. The molecule has 112 valence electrons. The fourth-order valence-electron chi connectivity index (χ4n) is 3.13. The zero-order valence-corrected chi connectivity index (χ0v) is 11.8. The fraction of sp³-hybridized carbons (Fsp3) is 0.500. The van der Waals surface area contributed by atoms with Gasteiger partial charge in [0.05, 0.1) is 36.5 Å². The van der Waals surface area contributed by atoms with Gasteiger partial charge in [-0.1, -0.05) is 0 Å². The average molecular weight is 290 g/mol. The topological polar surface area (TPSA) is 97.5 Å². The lowest BCUT2D eigenvalue weighted by atomic mass is 9.91. The van der Waals surface area contributed by atoms with E-state index in [1.165, 1.54) is 13.3 Å². The molecule has 0 saturated carbocycles. The second-order valence-electron chi connectivity index (χ2n) is 5.38. The number of methoxy groups -OCH3 is 1. The number of pyridine rings is 1. The van der Waals surface area contributed by atoms with Crippen molar-refractivity contribution in [1.29, 1.82) is 0 Å². The minimum atomic E-state index is -0.481. The van der Waals surface area contributed by atoms with Crippen LogP contribution < -0.4 is 16.0 Å². The van der Waals surface area contributed by atoms with Gasteiger partial charge in [0, 0.05) is 13.1 Å². The molecule has 1 amide bonds. The van der Waals surface area contributed by atoms with Crippen LogP contribution in [0, 0.1) is 5.92 Å². The summed E-state index contributed by atoms with van der Waals surface area (Å²) in [6, 6.07) is 1.74. The normalized spacial score (nSPS) is 24.4. The molecule has 7 heteroatoms. The van der Waals surface area contributed by atoms with Crippen LogP contribution in [0.25, 0.3) is 0 Å². The van der Waals surface area contributed by atoms with Crippen LogP contribution in [0.15, 0.2) is 12.3 Å². The number of nitrogens with two attached hydrogens (primary N) is 1. The summed E-state index contributed by atoms with van der Waals surface area (Å²) in [7, 11) is 1.32. The maximum atomic E-state index is 11.8. The summed E-state index contributed by atoms with van der Waals surface area (Å²) in [4.78, 5) is 29.9. The Labute approximate surface area is 122 Å². The third kappa shape index (κ3) is 2.28. The number of carbonyl (C=O) groups is 2. The van der Waals surface area contributed by atoms with E-state index in [0.29, 0.717) is 23.6 Å². The first-order valence-electron chi connectivity index (χ1n) is 7.00. The van der Waals surface area contributed by atoms with E-state index in [9.17, 15) is 9.59 Å². The highest BCUT2D eigenvalue weighted by atomic mass is 16.5. The number of ether oxygens (including phenoxy) is 1. The van der Waals surface area contributed by atoms with E-state index in [4.69, 9.17) is 10.5 Å². The predicted octanol–water partition coefficient (Wildman–Crippen LogP) is 0.165. The number of hydrogen-bond donors (Lipinski definition) is 2. The second-order valence-corrected chi connectivity index (χ2v) is 5.38. The number of nitrogens with one attached hydrogen (secondary N) is 1. The number of fused-ring (bicyclic) bond motifs is 1. The Kier molecular flexibility index (Phi) is 3.40. The number of carbonyl (C=O) groups excluding carboxylic acids is 2. The van der Waals surface area contributed by atoms with Crippen molar-refractivity contribution in [2.75, 3.05) is 30.8 Å². The lowest BCUT2D eigenvalue weighted by Gasteiger charge is -2.36. The van der Waals surface area contributed by atoms with Crippen LogP contribution in [0.2, 0.25) is 0 Å². The molecular weight excluding hydrogens is 272 g/mol. The molecule has 0 bridgehead atoms. The molecule has 7 nitrogen and oxygen atoms in total. The smallest absolute Gasteiger partial charge is 0.340 e. The molecule has 2 saturated heterocycles. The summed E-state index contributed by atoms with van der Waals surface area (Å²) < 4.78 is 4.73. The van der Waals surface area contributed by atoms with Crippen molar-refractivity contribution in [3.63, 3.8) is 0 Å². The summed E-state index contributed by atoms with van der Waals surface area (Å²) in [6.07, 6.45) is 3.29. The van der Waals surface area contributed by atoms with Gasteiger partial charge < -0.3 is 20.7 Å². The Balaban J connectivity index is 1.93. The number of amides is 1. The number of rotatable bonds is 2. The molecule has 0 aliphatic carbocycles. The van der Waals surface area contributed by atoms with Gasteiger partial charge in [0.1, 0.15) is 5.82 Å². The van der Waals surface area contributed by atoms with Gasteiger partial charge >= 0.3 is 5.97 Å². The van der Waals surface area contributed by atoms with Gasteiger partial charge in [-0.15, -0.1) is 0 Å². The summed E-state index contributed by atoms with van der Waals surface area (Å²) in [6.45, 7) is 1.43. The summed E-state index contributed by atoms with van der Waals surface area (Å²) in [5, 5.41) is 2.90. The standard InChI is InChI=1S/C14H18N4O3/c1-21-14(20)9-5-12(16-6-10(9)15)18-4-2-3-8-11(18)7-17-13(8)19/h5-6,8,11H,2-4,7,15H2,1H3,(H,17,19). The van der Waals surface area contributed by atoms with E-state index in [0.717, 1.165) is 19.4 Å². The van der Waals surface area contributed by atoms with E-state index >= 15 is 0 Å². The lowest BCUT2D eigenvalue weighted by Crippen LogP contribution is -2.46. The van der Waals surface area contributed by atoms with Gasteiger partial charge in [-0.25, -0.2) is 9.78 Å². The predicted molar refractivity (Wildman–Crippen MR) is 76.9 cm³/mol. The minimum Gasteiger partial charge on any atom is -0.465 e. The van der Waals surface area contributed by atoms with Crippen LogP contribution in [0.4, 0.5) is 11.5 Å². The van der Waals surface area contributed by atoms with Gasteiger partial charge in [-0.2, -0.15) is 0 Å². The molecule has 3 rings (SSSR count). The highest BCUT2D eigenvalue weighted by Gasteiger charge is 2.41. The van der Waals surface area contributed by atoms with E-state index < -0.39 is 5.97 Å². The molecule has 0 aromatic carbocycles. The highest BCUT2D eigenvalue weighted by Crippen LogP contribution is 2.31. The molecular formula is C14H18N4O3. The van der Waals surface area contributed by atoms with Crippen LogP contribution >= 0.6 is 0 Å². The van der Waals surface area contributed by atoms with Gasteiger partial charge in [-0.3, -0.25) is 4.79 Å². The molecule has 2 aliphatic rings. The Morgan fingerprint density at radius 3 is 3.14 bits per heavy atom. The Hall–Kier alpha value is -2.31. The van der Waals surface area contributed by atoms with Gasteiger partial charge in [0.2, 0.25) is 5.91 Å². The summed E-state index contributed by atoms with van der Waals surface area (Å²) in [5.74, 6) is 0.286. The largest absolute Gasteiger partial charge is 0.465 e. The summed E-state index contributed by atoms with van der Waals surface area (Å²) in [5.41, 5.74) is 6.37. The first-order chi connectivity index (χ1) is 10.1. The van der Waals surface area contributed by atoms with E-state index in [1.54, 1.807) is 6.07 Å². The quantitative estimate of drug-likeness (QED) is 0.753.